The maximum Gasteiger partial charge on any atom is 0.273 e. The van der Waals surface area contributed by atoms with Crippen LogP contribution in [0.1, 0.15) is 19.9 Å². The average Bonchev–Trinajstić information content (AvgIpc) is 2.14. The normalized spacial score (nSPS) is 10.1. The van der Waals surface area contributed by atoms with Crippen molar-refractivity contribution in [2.75, 3.05) is 5.75 Å². The van der Waals surface area contributed by atoms with E-state index in [0.717, 1.165) is 0 Å². The Bertz CT molecular complexity index is 405. The molecule has 0 N–H and O–H groups in total. The van der Waals surface area contributed by atoms with E-state index in [1.165, 1.54) is 17.8 Å². The maximum atomic E-state index is 11.0. The van der Waals surface area contributed by atoms with Gasteiger partial charge in [0.1, 0.15) is 0 Å². The van der Waals surface area contributed by atoms with Gasteiger partial charge in [0.15, 0.2) is 5.16 Å². The minimum Gasteiger partial charge on any atom is -0.325 e. The van der Waals surface area contributed by atoms with Crippen LogP contribution < -0.4 is 5.56 Å². The highest BCUT2D eigenvalue weighted by atomic mass is 32.2. The molecule has 1 rings (SSSR count). The lowest BCUT2D eigenvalue weighted by Crippen LogP contribution is -2.14. The van der Waals surface area contributed by atoms with Crippen molar-refractivity contribution in [1.29, 1.82) is 5.26 Å². The minimum atomic E-state index is -0.262. The average molecular weight is 209 g/mol. The smallest absolute Gasteiger partial charge is 0.273 e. The van der Waals surface area contributed by atoms with Crippen LogP contribution in [0.3, 0.4) is 0 Å². The molecule has 74 valence electrons. The van der Waals surface area contributed by atoms with Crippen molar-refractivity contribution < 1.29 is 0 Å². The summed E-state index contributed by atoms with van der Waals surface area (Å²) in [4.78, 5) is 14.9. The molecule has 0 aromatic carbocycles. The van der Waals surface area contributed by atoms with Crippen molar-refractivity contribution in [3.05, 3.63) is 22.6 Å². The highest BCUT2D eigenvalue weighted by molar-refractivity contribution is 7.99. The van der Waals surface area contributed by atoms with E-state index in [1.54, 1.807) is 6.20 Å². The van der Waals surface area contributed by atoms with E-state index in [2.05, 4.69) is 4.98 Å². The van der Waals surface area contributed by atoms with Crippen LogP contribution in [0, 0.1) is 11.3 Å². The third kappa shape index (κ3) is 2.60. The van der Waals surface area contributed by atoms with Crippen molar-refractivity contribution in [2.24, 2.45) is 0 Å². The molecule has 0 fully saturated rings. The van der Waals surface area contributed by atoms with Crippen molar-refractivity contribution in [1.82, 2.24) is 9.55 Å². The second-order valence-corrected chi connectivity index (χ2v) is 3.94. The molecule has 4 nitrogen and oxygen atoms in total. The van der Waals surface area contributed by atoms with E-state index in [1.807, 2.05) is 24.5 Å². The minimum absolute atomic E-state index is 0.240. The van der Waals surface area contributed by atoms with Gasteiger partial charge >= 0.3 is 0 Å². The predicted octanol–water partition coefficient (Wildman–Crippen LogP) is 1.44. The Kier molecular flexibility index (Phi) is 3.72. The van der Waals surface area contributed by atoms with Crippen LogP contribution in [0.4, 0.5) is 0 Å². The van der Waals surface area contributed by atoms with Crippen molar-refractivity contribution in [3.63, 3.8) is 0 Å². The zero-order valence-electron chi connectivity index (χ0n) is 8.10. The summed E-state index contributed by atoms with van der Waals surface area (Å²) in [5.41, 5.74) is -0.262. The number of thioether (sulfide) groups is 1. The standard InChI is InChI=1S/C9H11N3OS/c1-7(2)12-5-3-8(13)11-9(12)14-6-4-10/h3,5,7H,6H2,1-2H3. The van der Waals surface area contributed by atoms with Gasteiger partial charge in [0, 0.05) is 18.3 Å². The molecular formula is C9H11N3OS. The first kappa shape index (κ1) is 10.8. The van der Waals surface area contributed by atoms with E-state index in [9.17, 15) is 4.79 Å². The quantitative estimate of drug-likeness (QED) is 0.558. The van der Waals surface area contributed by atoms with Gasteiger partial charge in [-0.3, -0.25) is 4.79 Å². The largest absolute Gasteiger partial charge is 0.325 e. The summed E-state index contributed by atoms with van der Waals surface area (Å²) in [5, 5.41) is 9.05. The molecule has 0 spiro atoms. The van der Waals surface area contributed by atoms with Gasteiger partial charge in [-0.25, -0.2) is 0 Å². The number of aromatic nitrogens is 2. The second kappa shape index (κ2) is 4.82. The van der Waals surface area contributed by atoms with E-state index in [-0.39, 0.29) is 11.6 Å². The summed E-state index contributed by atoms with van der Waals surface area (Å²) in [7, 11) is 0. The second-order valence-electron chi connectivity index (χ2n) is 3.00. The van der Waals surface area contributed by atoms with Crippen LogP contribution in [-0.4, -0.2) is 15.3 Å². The summed E-state index contributed by atoms with van der Waals surface area (Å²) in [6.45, 7) is 4.01. The van der Waals surface area contributed by atoms with E-state index >= 15 is 0 Å². The number of nitrogens with zero attached hydrogens (tertiary/aromatic N) is 3. The molecule has 0 radical (unpaired) electrons. The molecular weight excluding hydrogens is 198 g/mol. The molecule has 0 unspecified atom stereocenters. The summed E-state index contributed by atoms with van der Waals surface area (Å²) >= 11 is 1.28. The lowest BCUT2D eigenvalue weighted by molar-refractivity contribution is 0.526. The molecule has 0 amide bonds. The Labute approximate surface area is 86.6 Å². The SMILES string of the molecule is CC(C)n1ccc(=O)nc1SCC#N. The van der Waals surface area contributed by atoms with Crippen LogP contribution in [0.25, 0.3) is 0 Å². The van der Waals surface area contributed by atoms with Crippen LogP contribution in [0.15, 0.2) is 22.2 Å². The van der Waals surface area contributed by atoms with Crippen LogP contribution >= 0.6 is 11.8 Å². The molecule has 0 atom stereocenters. The molecule has 0 aliphatic carbocycles. The highest BCUT2D eigenvalue weighted by Gasteiger charge is 2.05. The first-order chi connectivity index (χ1) is 6.65. The molecule has 1 aromatic heterocycles. The third-order valence-corrected chi connectivity index (χ3v) is 2.46. The third-order valence-electron chi connectivity index (χ3n) is 1.63. The first-order valence-electron chi connectivity index (χ1n) is 4.24. The zero-order chi connectivity index (χ0) is 10.6. The lowest BCUT2D eigenvalue weighted by Gasteiger charge is -2.13. The molecule has 0 saturated carbocycles. The number of hydrogen-bond acceptors (Lipinski definition) is 4. The van der Waals surface area contributed by atoms with Crippen molar-refractivity contribution in [2.45, 2.75) is 25.0 Å². The van der Waals surface area contributed by atoms with Crippen molar-refractivity contribution >= 4 is 11.8 Å². The first-order valence-corrected chi connectivity index (χ1v) is 5.22. The summed E-state index contributed by atoms with van der Waals surface area (Å²) in [5.74, 6) is 0.309. The molecule has 1 aromatic rings. The number of rotatable bonds is 3. The van der Waals surface area contributed by atoms with Crippen LogP contribution in [-0.2, 0) is 0 Å². The Morgan fingerprint density at radius 3 is 3.00 bits per heavy atom. The Balaban J connectivity index is 3.04. The maximum absolute atomic E-state index is 11.0. The molecule has 0 aliphatic heterocycles. The molecule has 1 heterocycles. The van der Waals surface area contributed by atoms with Gasteiger partial charge in [0.25, 0.3) is 5.56 Å². The number of nitriles is 1. The fourth-order valence-corrected chi connectivity index (χ4v) is 1.76. The van der Waals surface area contributed by atoms with E-state index in [0.29, 0.717) is 10.9 Å². The van der Waals surface area contributed by atoms with E-state index < -0.39 is 0 Å². The number of hydrogen-bond donors (Lipinski definition) is 0. The van der Waals surface area contributed by atoms with Gasteiger partial charge in [-0.15, -0.1) is 0 Å². The Hall–Kier alpha value is -1.28. The Morgan fingerprint density at radius 1 is 1.71 bits per heavy atom. The van der Waals surface area contributed by atoms with Gasteiger partial charge in [-0.05, 0) is 13.8 Å². The Morgan fingerprint density at radius 2 is 2.43 bits per heavy atom. The molecule has 0 saturated heterocycles. The van der Waals surface area contributed by atoms with E-state index in [4.69, 9.17) is 5.26 Å². The summed E-state index contributed by atoms with van der Waals surface area (Å²) < 4.78 is 1.88. The van der Waals surface area contributed by atoms with Gasteiger partial charge in [-0.1, -0.05) is 11.8 Å². The fraction of sp³-hybridized carbons (Fsp3) is 0.444. The molecule has 14 heavy (non-hydrogen) atoms. The lowest BCUT2D eigenvalue weighted by atomic mass is 10.4. The van der Waals surface area contributed by atoms with Crippen LogP contribution in [0.2, 0.25) is 0 Å². The summed E-state index contributed by atoms with van der Waals surface area (Å²) in [6, 6.07) is 3.68. The molecule has 0 bridgehead atoms. The zero-order valence-corrected chi connectivity index (χ0v) is 8.91. The van der Waals surface area contributed by atoms with Gasteiger partial charge in [0.2, 0.25) is 0 Å². The summed E-state index contributed by atoms with van der Waals surface area (Å²) in [6.07, 6.45) is 1.71. The van der Waals surface area contributed by atoms with Gasteiger partial charge in [-0.2, -0.15) is 10.2 Å². The van der Waals surface area contributed by atoms with Crippen molar-refractivity contribution in [3.8, 4) is 6.07 Å². The van der Waals surface area contributed by atoms with Gasteiger partial charge < -0.3 is 4.57 Å². The topological polar surface area (TPSA) is 58.7 Å². The van der Waals surface area contributed by atoms with Crippen LogP contribution in [0.5, 0.6) is 0 Å². The molecule has 5 heteroatoms. The monoisotopic (exact) mass is 209 g/mol. The fourth-order valence-electron chi connectivity index (χ4n) is 0.994. The predicted molar refractivity (Wildman–Crippen MR) is 55.2 cm³/mol. The highest BCUT2D eigenvalue weighted by Crippen LogP contribution is 2.16. The molecule has 0 aliphatic rings. The van der Waals surface area contributed by atoms with Gasteiger partial charge in [0.05, 0.1) is 11.8 Å².